The van der Waals surface area contributed by atoms with Crippen LogP contribution in [0.3, 0.4) is 0 Å². The van der Waals surface area contributed by atoms with Gasteiger partial charge in [0.05, 0.1) is 17.7 Å². The van der Waals surface area contributed by atoms with Crippen molar-refractivity contribution in [3.63, 3.8) is 0 Å². The molecule has 0 aliphatic rings. The van der Waals surface area contributed by atoms with Crippen molar-refractivity contribution < 1.29 is 0 Å². The van der Waals surface area contributed by atoms with Crippen LogP contribution in [-0.2, 0) is 0 Å². The highest BCUT2D eigenvalue weighted by Crippen LogP contribution is 2.26. The van der Waals surface area contributed by atoms with Crippen LogP contribution >= 0.6 is 0 Å². The van der Waals surface area contributed by atoms with E-state index in [4.69, 9.17) is 16.3 Å². The third kappa shape index (κ3) is 2.16. The summed E-state index contributed by atoms with van der Waals surface area (Å²) in [5.41, 5.74) is 7.93. The molecule has 0 aliphatic heterocycles. The largest absolute Gasteiger partial charge is 0.399 e. The van der Waals surface area contributed by atoms with E-state index in [2.05, 4.69) is 17.1 Å². The molecule has 2 N–H and O–H groups in total. The summed E-state index contributed by atoms with van der Waals surface area (Å²) in [5, 5.41) is 18.5. The van der Waals surface area contributed by atoms with Crippen LogP contribution in [0.2, 0.25) is 0 Å². The number of pyridine rings is 1. The Labute approximate surface area is 105 Å². The second kappa shape index (κ2) is 5.03. The van der Waals surface area contributed by atoms with Crippen molar-refractivity contribution in [1.29, 1.82) is 10.5 Å². The van der Waals surface area contributed by atoms with Gasteiger partial charge in [0.15, 0.2) is 0 Å². The predicted molar refractivity (Wildman–Crippen MR) is 69.6 cm³/mol. The van der Waals surface area contributed by atoms with Crippen molar-refractivity contribution in [2.75, 3.05) is 23.7 Å². The summed E-state index contributed by atoms with van der Waals surface area (Å²) in [6.07, 6.45) is 1.65. The number of benzene rings is 1. The quantitative estimate of drug-likeness (QED) is 0.647. The molecule has 0 amide bonds. The first kappa shape index (κ1) is 11.7. The van der Waals surface area contributed by atoms with Gasteiger partial charge in [-0.05, 0) is 24.3 Å². The van der Waals surface area contributed by atoms with E-state index in [0.29, 0.717) is 5.69 Å². The van der Waals surface area contributed by atoms with Gasteiger partial charge in [-0.15, -0.1) is 0 Å². The molecule has 88 valence electrons. The van der Waals surface area contributed by atoms with Gasteiger partial charge in [-0.1, -0.05) is 0 Å². The molecule has 1 aromatic carbocycles. The number of hydrogen-bond acceptors (Lipinski definition) is 5. The van der Waals surface area contributed by atoms with Crippen LogP contribution in [0.1, 0.15) is 0 Å². The van der Waals surface area contributed by atoms with Crippen LogP contribution in [-0.4, -0.2) is 18.1 Å². The molecule has 0 unspecified atom stereocenters. The van der Waals surface area contributed by atoms with Gasteiger partial charge in [-0.3, -0.25) is 4.98 Å². The number of anilines is 2. The zero-order chi connectivity index (χ0) is 13.0. The molecule has 18 heavy (non-hydrogen) atoms. The molecule has 1 aromatic heterocycles. The Morgan fingerprint density at radius 2 is 1.89 bits per heavy atom. The highest BCUT2D eigenvalue weighted by atomic mass is 15.1. The van der Waals surface area contributed by atoms with Crippen molar-refractivity contribution in [2.45, 2.75) is 0 Å². The van der Waals surface area contributed by atoms with Crippen molar-refractivity contribution in [3.8, 4) is 12.1 Å². The van der Waals surface area contributed by atoms with Crippen LogP contribution in [0, 0.1) is 22.7 Å². The summed E-state index contributed by atoms with van der Waals surface area (Å²) >= 11 is 0. The SMILES string of the molecule is N#CCN(CC#N)c1ccnc2cc(N)ccc12. The third-order valence-corrected chi connectivity index (χ3v) is 2.61. The minimum atomic E-state index is 0.164. The van der Waals surface area contributed by atoms with Gasteiger partial charge in [0.25, 0.3) is 0 Å². The standard InChI is InChI=1S/C13H11N5/c14-4-7-18(8-5-15)13-3-6-17-12-9-10(16)1-2-11(12)13/h1-3,6,9H,7-8,16H2. The van der Waals surface area contributed by atoms with E-state index in [1.807, 2.05) is 6.07 Å². The molecule has 2 rings (SSSR count). The maximum Gasteiger partial charge on any atom is 0.106 e. The average molecular weight is 237 g/mol. The summed E-state index contributed by atoms with van der Waals surface area (Å²) in [5.74, 6) is 0. The summed E-state index contributed by atoms with van der Waals surface area (Å²) < 4.78 is 0. The van der Waals surface area contributed by atoms with E-state index in [-0.39, 0.29) is 13.1 Å². The third-order valence-electron chi connectivity index (χ3n) is 2.61. The molecule has 5 heteroatoms. The second-order valence-corrected chi connectivity index (χ2v) is 3.78. The van der Waals surface area contributed by atoms with Crippen molar-refractivity contribution in [3.05, 3.63) is 30.5 Å². The van der Waals surface area contributed by atoms with E-state index in [9.17, 15) is 0 Å². The zero-order valence-electron chi connectivity index (χ0n) is 9.67. The molecule has 0 aliphatic carbocycles. The number of hydrogen-bond donors (Lipinski definition) is 1. The molecule has 0 spiro atoms. The summed E-state index contributed by atoms with van der Waals surface area (Å²) in [7, 11) is 0. The highest BCUT2D eigenvalue weighted by Gasteiger charge is 2.10. The molecule has 2 aromatic rings. The lowest BCUT2D eigenvalue weighted by Crippen LogP contribution is -2.24. The molecule has 5 nitrogen and oxygen atoms in total. The average Bonchev–Trinajstić information content (AvgIpc) is 2.37. The number of aromatic nitrogens is 1. The molecule has 0 bridgehead atoms. The lowest BCUT2D eigenvalue weighted by atomic mass is 10.1. The fourth-order valence-corrected chi connectivity index (χ4v) is 1.82. The van der Waals surface area contributed by atoms with Crippen LogP contribution in [0.4, 0.5) is 11.4 Å². The van der Waals surface area contributed by atoms with Gasteiger partial charge in [-0.25, -0.2) is 0 Å². The van der Waals surface area contributed by atoms with Crippen molar-refractivity contribution in [1.82, 2.24) is 4.98 Å². The normalized spacial score (nSPS) is 9.67. The molecule has 0 saturated heterocycles. The number of nitrogens with zero attached hydrogens (tertiary/aromatic N) is 4. The Morgan fingerprint density at radius 1 is 1.17 bits per heavy atom. The van der Waals surface area contributed by atoms with Crippen LogP contribution in [0.15, 0.2) is 30.5 Å². The van der Waals surface area contributed by atoms with E-state index in [0.717, 1.165) is 16.6 Å². The molecule has 0 fully saturated rings. The predicted octanol–water partition coefficient (Wildman–Crippen LogP) is 1.67. The van der Waals surface area contributed by atoms with Crippen LogP contribution < -0.4 is 10.6 Å². The molecule has 0 saturated carbocycles. The Morgan fingerprint density at radius 3 is 2.56 bits per heavy atom. The lowest BCUT2D eigenvalue weighted by molar-refractivity contribution is 0.971. The van der Waals surface area contributed by atoms with Gasteiger partial charge in [0, 0.05) is 23.0 Å². The first-order chi connectivity index (χ1) is 8.76. The topological polar surface area (TPSA) is 89.7 Å². The number of nitrogens with two attached hydrogens (primary N) is 1. The molecular weight excluding hydrogens is 226 g/mol. The van der Waals surface area contributed by atoms with E-state index in [1.165, 1.54) is 0 Å². The minimum Gasteiger partial charge on any atom is -0.399 e. The van der Waals surface area contributed by atoms with Crippen LogP contribution in [0.25, 0.3) is 10.9 Å². The molecule has 0 radical (unpaired) electrons. The van der Waals surface area contributed by atoms with Gasteiger partial charge in [0.1, 0.15) is 13.1 Å². The summed E-state index contributed by atoms with van der Waals surface area (Å²) in [6.45, 7) is 0.327. The fraction of sp³-hybridized carbons (Fsp3) is 0.154. The first-order valence-corrected chi connectivity index (χ1v) is 5.39. The number of nitriles is 2. The van der Waals surface area contributed by atoms with E-state index >= 15 is 0 Å². The Hall–Kier alpha value is -2.79. The van der Waals surface area contributed by atoms with E-state index < -0.39 is 0 Å². The second-order valence-electron chi connectivity index (χ2n) is 3.78. The maximum atomic E-state index is 8.80. The smallest absolute Gasteiger partial charge is 0.106 e. The lowest BCUT2D eigenvalue weighted by Gasteiger charge is -2.19. The highest BCUT2D eigenvalue weighted by molar-refractivity contribution is 5.93. The monoisotopic (exact) mass is 237 g/mol. The summed E-state index contributed by atoms with van der Waals surface area (Å²) in [4.78, 5) is 5.94. The summed E-state index contributed by atoms with van der Waals surface area (Å²) in [6, 6.07) is 11.3. The first-order valence-electron chi connectivity index (χ1n) is 5.39. The van der Waals surface area contributed by atoms with Gasteiger partial charge >= 0.3 is 0 Å². The Bertz CT molecular complexity index is 634. The number of nitrogen functional groups attached to an aromatic ring is 1. The maximum absolute atomic E-state index is 8.80. The van der Waals surface area contributed by atoms with Gasteiger partial charge < -0.3 is 10.6 Å². The molecule has 0 atom stereocenters. The van der Waals surface area contributed by atoms with Crippen LogP contribution in [0.5, 0.6) is 0 Å². The van der Waals surface area contributed by atoms with E-state index in [1.54, 1.807) is 29.3 Å². The Kier molecular flexibility index (Phi) is 3.26. The van der Waals surface area contributed by atoms with Gasteiger partial charge in [-0.2, -0.15) is 10.5 Å². The van der Waals surface area contributed by atoms with Crippen molar-refractivity contribution >= 4 is 22.3 Å². The minimum absolute atomic E-state index is 0.164. The number of fused-ring (bicyclic) bond motifs is 1. The fourth-order valence-electron chi connectivity index (χ4n) is 1.82. The number of rotatable bonds is 3. The Balaban J connectivity index is 2.56. The molecule has 1 heterocycles. The molecular formula is C13H11N5. The van der Waals surface area contributed by atoms with Crippen molar-refractivity contribution in [2.24, 2.45) is 0 Å². The zero-order valence-corrected chi connectivity index (χ0v) is 9.67. The van der Waals surface area contributed by atoms with Gasteiger partial charge in [0.2, 0.25) is 0 Å².